The number of amides is 1. The fourth-order valence-corrected chi connectivity index (χ4v) is 2.36. The van der Waals surface area contributed by atoms with Gasteiger partial charge in [0.2, 0.25) is 0 Å². The summed E-state index contributed by atoms with van der Waals surface area (Å²) in [5.41, 5.74) is -1.20. The van der Waals surface area contributed by atoms with E-state index in [9.17, 15) is 9.90 Å². The van der Waals surface area contributed by atoms with Crippen molar-refractivity contribution in [2.75, 3.05) is 6.54 Å². The standard InChI is InChI=1S/C14H25NO3/c1-6-7-14(17)8-9-15(11(2)10-14)12(16)18-13(3,4)5/h6,11,17H,1,7-10H2,2-5H3. The van der Waals surface area contributed by atoms with Crippen LogP contribution in [0.25, 0.3) is 0 Å². The second kappa shape index (κ2) is 5.31. The molecule has 0 aromatic carbocycles. The van der Waals surface area contributed by atoms with Crippen molar-refractivity contribution in [1.29, 1.82) is 0 Å². The van der Waals surface area contributed by atoms with Crippen molar-refractivity contribution in [3.63, 3.8) is 0 Å². The average molecular weight is 255 g/mol. The predicted octanol–water partition coefficient (Wildman–Crippen LogP) is 2.71. The van der Waals surface area contributed by atoms with Crippen molar-refractivity contribution >= 4 is 6.09 Å². The Kier molecular flexibility index (Phi) is 4.43. The van der Waals surface area contributed by atoms with Crippen molar-refractivity contribution in [2.24, 2.45) is 0 Å². The van der Waals surface area contributed by atoms with Crippen LogP contribution in [0.5, 0.6) is 0 Å². The van der Waals surface area contributed by atoms with Gasteiger partial charge in [0.15, 0.2) is 0 Å². The lowest BCUT2D eigenvalue weighted by Crippen LogP contribution is -2.52. The minimum absolute atomic E-state index is 0.0152. The van der Waals surface area contributed by atoms with Gasteiger partial charge in [-0.3, -0.25) is 0 Å². The molecule has 0 aromatic heterocycles. The van der Waals surface area contributed by atoms with E-state index in [1.807, 2.05) is 27.7 Å². The average Bonchev–Trinajstić information content (AvgIpc) is 2.13. The van der Waals surface area contributed by atoms with Crippen molar-refractivity contribution < 1.29 is 14.6 Å². The number of rotatable bonds is 2. The monoisotopic (exact) mass is 255 g/mol. The van der Waals surface area contributed by atoms with E-state index < -0.39 is 11.2 Å². The van der Waals surface area contributed by atoms with E-state index >= 15 is 0 Å². The fourth-order valence-electron chi connectivity index (χ4n) is 2.36. The maximum atomic E-state index is 12.0. The summed E-state index contributed by atoms with van der Waals surface area (Å²) in [5.74, 6) is 0. The zero-order chi connectivity index (χ0) is 14.0. The molecule has 0 radical (unpaired) electrons. The largest absolute Gasteiger partial charge is 0.444 e. The molecule has 1 saturated heterocycles. The van der Waals surface area contributed by atoms with Gasteiger partial charge in [0.25, 0.3) is 0 Å². The summed E-state index contributed by atoms with van der Waals surface area (Å²) in [6, 6.07) is -0.0152. The smallest absolute Gasteiger partial charge is 0.410 e. The maximum Gasteiger partial charge on any atom is 0.410 e. The summed E-state index contributed by atoms with van der Waals surface area (Å²) in [4.78, 5) is 13.7. The number of hydrogen-bond acceptors (Lipinski definition) is 3. The minimum atomic E-state index is -0.723. The molecule has 1 heterocycles. The molecule has 4 heteroatoms. The number of hydrogen-bond donors (Lipinski definition) is 1. The maximum absolute atomic E-state index is 12.0. The summed E-state index contributed by atoms with van der Waals surface area (Å²) < 4.78 is 5.36. The summed E-state index contributed by atoms with van der Waals surface area (Å²) in [6.45, 7) is 11.7. The van der Waals surface area contributed by atoms with Gasteiger partial charge in [-0.25, -0.2) is 4.79 Å². The van der Waals surface area contributed by atoms with E-state index in [1.165, 1.54) is 0 Å². The van der Waals surface area contributed by atoms with E-state index in [4.69, 9.17) is 4.74 Å². The Bertz CT molecular complexity index is 321. The molecule has 4 nitrogen and oxygen atoms in total. The zero-order valence-electron chi connectivity index (χ0n) is 11.9. The van der Waals surface area contributed by atoms with Crippen molar-refractivity contribution in [3.05, 3.63) is 12.7 Å². The second-order valence-electron chi connectivity index (χ2n) is 6.19. The van der Waals surface area contributed by atoms with E-state index in [2.05, 4.69) is 6.58 Å². The number of aliphatic hydroxyl groups is 1. The van der Waals surface area contributed by atoms with Crippen LogP contribution in [0.15, 0.2) is 12.7 Å². The van der Waals surface area contributed by atoms with Gasteiger partial charge in [0.1, 0.15) is 5.60 Å². The number of piperidine rings is 1. The van der Waals surface area contributed by atoms with Crippen LogP contribution in [0.4, 0.5) is 4.79 Å². The first-order valence-corrected chi connectivity index (χ1v) is 6.50. The minimum Gasteiger partial charge on any atom is -0.444 e. The highest BCUT2D eigenvalue weighted by atomic mass is 16.6. The third-order valence-corrected chi connectivity index (χ3v) is 3.18. The summed E-state index contributed by atoms with van der Waals surface area (Å²) >= 11 is 0. The molecular weight excluding hydrogens is 230 g/mol. The SMILES string of the molecule is C=CCC1(O)CCN(C(=O)OC(C)(C)C)C(C)C1. The Morgan fingerprint density at radius 1 is 1.61 bits per heavy atom. The third-order valence-electron chi connectivity index (χ3n) is 3.18. The highest BCUT2D eigenvalue weighted by Gasteiger charge is 2.38. The van der Waals surface area contributed by atoms with Crippen molar-refractivity contribution in [3.8, 4) is 0 Å². The van der Waals surface area contributed by atoms with E-state index in [1.54, 1.807) is 11.0 Å². The van der Waals surface area contributed by atoms with E-state index in [0.717, 1.165) is 0 Å². The van der Waals surface area contributed by atoms with Crippen LogP contribution >= 0.6 is 0 Å². The Labute approximate surface area is 110 Å². The molecule has 1 aliphatic heterocycles. The molecule has 0 aromatic rings. The molecule has 2 atom stereocenters. The first-order valence-electron chi connectivity index (χ1n) is 6.50. The molecule has 1 aliphatic rings. The quantitative estimate of drug-likeness (QED) is 0.772. The number of carbonyl (C=O) groups is 1. The number of carbonyl (C=O) groups excluding carboxylic acids is 1. The fraction of sp³-hybridized carbons (Fsp3) is 0.786. The van der Waals surface area contributed by atoms with Crippen LogP contribution in [-0.2, 0) is 4.74 Å². The molecule has 1 fully saturated rings. The molecule has 104 valence electrons. The van der Waals surface area contributed by atoms with Gasteiger partial charge in [-0.15, -0.1) is 6.58 Å². The Hall–Kier alpha value is -1.03. The first kappa shape index (κ1) is 15.0. The van der Waals surface area contributed by atoms with Crippen LogP contribution in [0.1, 0.15) is 47.0 Å². The number of ether oxygens (including phenoxy) is 1. The first-order chi connectivity index (χ1) is 8.17. The lowest BCUT2D eigenvalue weighted by Gasteiger charge is -2.42. The van der Waals surface area contributed by atoms with E-state index in [-0.39, 0.29) is 12.1 Å². The number of nitrogens with zero attached hydrogens (tertiary/aromatic N) is 1. The normalized spacial score (nSPS) is 28.9. The summed E-state index contributed by atoms with van der Waals surface area (Å²) in [5, 5.41) is 10.3. The molecule has 1 rings (SSSR count). The summed E-state index contributed by atoms with van der Waals surface area (Å²) in [7, 11) is 0. The van der Waals surface area contributed by atoms with Gasteiger partial charge in [0.05, 0.1) is 5.60 Å². The van der Waals surface area contributed by atoms with Gasteiger partial charge in [-0.05, 0) is 47.0 Å². The molecule has 0 bridgehead atoms. The highest BCUT2D eigenvalue weighted by Crippen LogP contribution is 2.30. The van der Waals surface area contributed by atoms with Crippen LogP contribution in [0.3, 0.4) is 0 Å². The van der Waals surface area contributed by atoms with Gasteiger partial charge >= 0.3 is 6.09 Å². The van der Waals surface area contributed by atoms with Crippen molar-refractivity contribution in [1.82, 2.24) is 4.90 Å². The molecule has 1 amide bonds. The van der Waals surface area contributed by atoms with Gasteiger partial charge in [-0.1, -0.05) is 6.08 Å². The zero-order valence-corrected chi connectivity index (χ0v) is 11.9. The molecule has 0 spiro atoms. The lowest BCUT2D eigenvalue weighted by molar-refractivity contribution is -0.0488. The molecule has 18 heavy (non-hydrogen) atoms. The predicted molar refractivity (Wildman–Crippen MR) is 71.4 cm³/mol. The number of likely N-dealkylation sites (tertiary alicyclic amines) is 1. The Balaban J connectivity index is 2.62. The molecule has 1 N–H and O–H groups in total. The van der Waals surface area contributed by atoms with Crippen LogP contribution in [0, 0.1) is 0 Å². The molecule has 0 saturated carbocycles. The Morgan fingerprint density at radius 3 is 2.67 bits per heavy atom. The topological polar surface area (TPSA) is 49.8 Å². The highest BCUT2D eigenvalue weighted by molar-refractivity contribution is 5.68. The Morgan fingerprint density at radius 2 is 2.22 bits per heavy atom. The second-order valence-corrected chi connectivity index (χ2v) is 6.19. The lowest BCUT2D eigenvalue weighted by atomic mass is 9.84. The van der Waals surface area contributed by atoms with Gasteiger partial charge in [0, 0.05) is 12.6 Å². The summed E-state index contributed by atoms with van der Waals surface area (Å²) in [6.07, 6.45) is 3.15. The van der Waals surface area contributed by atoms with E-state index in [0.29, 0.717) is 25.8 Å². The van der Waals surface area contributed by atoms with Crippen LogP contribution in [-0.4, -0.2) is 39.9 Å². The molecule has 2 unspecified atom stereocenters. The van der Waals surface area contributed by atoms with Crippen LogP contribution in [0.2, 0.25) is 0 Å². The van der Waals surface area contributed by atoms with Crippen LogP contribution < -0.4 is 0 Å². The molecule has 0 aliphatic carbocycles. The van der Waals surface area contributed by atoms with Gasteiger partial charge in [-0.2, -0.15) is 0 Å². The van der Waals surface area contributed by atoms with Gasteiger partial charge < -0.3 is 14.7 Å². The van der Waals surface area contributed by atoms with Crippen molar-refractivity contribution in [2.45, 2.75) is 64.2 Å². The third kappa shape index (κ3) is 4.02. The molecular formula is C14H25NO3.